The molecule has 3 aromatic rings. The number of hydrogen-bond donors (Lipinski definition) is 2. The highest BCUT2D eigenvalue weighted by Crippen LogP contribution is 2.18. The molecule has 3 N–H and O–H groups in total. The summed E-state index contributed by atoms with van der Waals surface area (Å²) in [5.74, 6) is 0.421. The molecule has 0 atom stereocenters. The van der Waals surface area contributed by atoms with Crippen LogP contribution in [0, 0.1) is 0 Å². The van der Waals surface area contributed by atoms with Crippen LogP contribution in [0.5, 0.6) is 0 Å². The number of amides is 1. The van der Waals surface area contributed by atoms with Crippen molar-refractivity contribution in [2.45, 2.75) is 40.2 Å². The summed E-state index contributed by atoms with van der Waals surface area (Å²) >= 11 is 0. The maximum absolute atomic E-state index is 12.8. The van der Waals surface area contributed by atoms with Crippen molar-refractivity contribution in [3.05, 3.63) is 41.1 Å². The number of allylic oxidation sites excluding steroid dienone is 1. The van der Waals surface area contributed by atoms with E-state index in [-0.39, 0.29) is 17.3 Å². The number of aromatic nitrogens is 5. The molecule has 0 fully saturated rings. The predicted octanol–water partition coefficient (Wildman–Crippen LogP) is 2.27. The van der Waals surface area contributed by atoms with Gasteiger partial charge in [0.1, 0.15) is 5.76 Å². The van der Waals surface area contributed by atoms with Gasteiger partial charge in [0.15, 0.2) is 5.69 Å². The number of carbonyl (C=O) groups is 1. The molecule has 0 saturated heterocycles. The van der Waals surface area contributed by atoms with Gasteiger partial charge in [-0.15, -0.1) is 5.10 Å². The van der Waals surface area contributed by atoms with E-state index in [0.717, 1.165) is 31.5 Å². The van der Waals surface area contributed by atoms with E-state index in [1.807, 2.05) is 13.0 Å². The second-order valence-electron chi connectivity index (χ2n) is 7.15. The number of nitrogens with two attached hydrogens (primary N) is 1. The number of nitrogens with one attached hydrogen (secondary N) is 1. The summed E-state index contributed by atoms with van der Waals surface area (Å²) < 4.78 is 11.3. The third-order valence-electron chi connectivity index (χ3n) is 4.47. The molecule has 12 nitrogen and oxygen atoms in total. The monoisotopic (exact) mass is 441 g/mol. The highest BCUT2D eigenvalue weighted by molar-refractivity contribution is 5.94. The molecular weight excluding hydrogens is 414 g/mol. The van der Waals surface area contributed by atoms with Crippen LogP contribution in [0.2, 0.25) is 0 Å². The van der Waals surface area contributed by atoms with E-state index in [0.29, 0.717) is 18.0 Å². The van der Waals surface area contributed by atoms with E-state index in [1.54, 1.807) is 18.4 Å². The lowest BCUT2D eigenvalue weighted by atomic mass is 10.2. The maximum atomic E-state index is 12.8. The predicted molar refractivity (Wildman–Crippen MR) is 118 cm³/mol. The van der Waals surface area contributed by atoms with E-state index in [2.05, 4.69) is 49.9 Å². The molecule has 3 heterocycles. The van der Waals surface area contributed by atoms with Crippen molar-refractivity contribution in [2.75, 3.05) is 18.8 Å². The molecular formula is C20H27N9O3. The zero-order valence-electron chi connectivity index (χ0n) is 18.4. The van der Waals surface area contributed by atoms with Gasteiger partial charge in [-0.1, -0.05) is 19.1 Å². The van der Waals surface area contributed by atoms with Gasteiger partial charge in [-0.05, 0) is 67.0 Å². The lowest BCUT2D eigenvalue weighted by Gasteiger charge is -2.21. The van der Waals surface area contributed by atoms with Crippen molar-refractivity contribution in [3.63, 3.8) is 0 Å². The fourth-order valence-electron chi connectivity index (χ4n) is 3.12. The molecule has 0 aliphatic rings. The van der Waals surface area contributed by atoms with Crippen molar-refractivity contribution in [1.29, 1.82) is 0 Å². The van der Waals surface area contributed by atoms with Gasteiger partial charge in [0.05, 0.1) is 18.2 Å². The minimum atomic E-state index is -0.503. The fraction of sp³-hybridized carbons (Fsp3) is 0.400. The number of nitrogens with zero attached hydrogens (tertiary/aromatic N) is 7. The van der Waals surface area contributed by atoms with Gasteiger partial charge in [-0.25, -0.2) is 10.1 Å². The Bertz CT molecular complexity index is 1060. The summed E-state index contributed by atoms with van der Waals surface area (Å²) in [7, 11) is 0. The Hall–Kier alpha value is -3.80. The van der Waals surface area contributed by atoms with E-state index in [9.17, 15) is 4.79 Å². The number of hydrazone groups is 1. The van der Waals surface area contributed by atoms with Crippen molar-refractivity contribution in [3.8, 4) is 5.82 Å². The Morgan fingerprint density at radius 1 is 1.31 bits per heavy atom. The Labute approximate surface area is 185 Å². The Kier molecular flexibility index (Phi) is 7.86. The average Bonchev–Trinajstić information content (AvgIpc) is 3.50. The summed E-state index contributed by atoms with van der Waals surface area (Å²) in [6.07, 6.45) is 6.82. The van der Waals surface area contributed by atoms with Crippen LogP contribution >= 0.6 is 0 Å². The van der Waals surface area contributed by atoms with Crippen molar-refractivity contribution in [1.82, 2.24) is 35.6 Å². The molecule has 0 bridgehead atoms. The summed E-state index contributed by atoms with van der Waals surface area (Å²) in [5, 5.41) is 19.5. The first-order valence-electron chi connectivity index (χ1n) is 10.3. The molecule has 3 rings (SSSR count). The molecule has 0 unspecified atom stereocenters. The molecule has 3 aromatic heterocycles. The molecule has 0 saturated carbocycles. The lowest BCUT2D eigenvalue weighted by molar-refractivity contribution is 0.0947. The molecule has 12 heteroatoms. The normalized spacial score (nSPS) is 12.2. The molecule has 0 radical (unpaired) electrons. The Morgan fingerprint density at radius 3 is 2.72 bits per heavy atom. The van der Waals surface area contributed by atoms with Gasteiger partial charge in [0.25, 0.3) is 5.91 Å². The summed E-state index contributed by atoms with van der Waals surface area (Å²) in [4.78, 5) is 15.0. The van der Waals surface area contributed by atoms with Gasteiger partial charge in [-0.3, -0.25) is 9.69 Å². The molecule has 170 valence electrons. The van der Waals surface area contributed by atoms with Crippen LogP contribution in [0.1, 0.15) is 55.6 Å². The second-order valence-corrected chi connectivity index (χ2v) is 7.15. The van der Waals surface area contributed by atoms with Crippen molar-refractivity contribution < 1.29 is 13.8 Å². The number of hydrogen-bond acceptors (Lipinski definition) is 10. The zero-order valence-corrected chi connectivity index (χ0v) is 18.4. The third kappa shape index (κ3) is 5.66. The quantitative estimate of drug-likeness (QED) is 0.337. The van der Waals surface area contributed by atoms with Crippen LogP contribution in [0.25, 0.3) is 11.9 Å². The van der Waals surface area contributed by atoms with Gasteiger partial charge in [0.2, 0.25) is 11.6 Å². The minimum Gasteiger partial charge on any atom is -0.465 e. The molecule has 0 aromatic carbocycles. The number of carbonyl (C=O) groups excluding carboxylic acids is 1. The van der Waals surface area contributed by atoms with Crippen LogP contribution in [0.3, 0.4) is 0 Å². The number of nitrogen functional groups attached to an aromatic ring is 1. The van der Waals surface area contributed by atoms with E-state index in [1.165, 1.54) is 10.9 Å². The fourth-order valence-corrected chi connectivity index (χ4v) is 3.12. The van der Waals surface area contributed by atoms with E-state index < -0.39 is 5.91 Å². The van der Waals surface area contributed by atoms with Crippen LogP contribution in [-0.4, -0.2) is 55.4 Å². The molecule has 0 spiro atoms. The van der Waals surface area contributed by atoms with Crippen molar-refractivity contribution in [2.24, 2.45) is 5.10 Å². The van der Waals surface area contributed by atoms with Crippen LogP contribution in [0.4, 0.5) is 5.82 Å². The van der Waals surface area contributed by atoms with Gasteiger partial charge < -0.3 is 10.2 Å². The third-order valence-corrected chi connectivity index (χ3v) is 4.47. The van der Waals surface area contributed by atoms with Crippen LogP contribution < -0.4 is 11.2 Å². The molecule has 0 aliphatic heterocycles. The first kappa shape index (κ1) is 22.9. The van der Waals surface area contributed by atoms with Crippen molar-refractivity contribution >= 4 is 24.0 Å². The smallest absolute Gasteiger partial charge is 0.293 e. The second kappa shape index (κ2) is 11.0. The number of furan rings is 1. The zero-order chi connectivity index (χ0) is 22.9. The largest absolute Gasteiger partial charge is 0.465 e. The molecule has 32 heavy (non-hydrogen) atoms. The first-order valence-corrected chi connectivity index (χ1v) is 10.3. The van der Waals surface area contributed by atoms with Gasteiger partial charge >= 0.3 is 0 Å². The minimum absolute atomic E-state index is 0.0531. The maximum Gasteiger partial charge on any atom is 0.293 e. The summed E-state index contributed by atoms with van der Waals surface area (Å²) in [6, 6.07) is 3.61. The lowest BCUT2D eigenvalue weighted by Crippen LogP contribution is -2.28. The summed E-state index contributed by atoms with van der Waals surface area (Å²) in [5.41, 5.74) is 9.76. The van der Waals surface area contributed by atoms with E-state index in [4.69, 9.17) is 14.8 Å². The first-order chi connectivity index (χ1) is 15.5. The Balaban J connectivity index is 1.83. The van der Waals surface area contributed by atoms with Gasteiger partial charge in [0, 0.05) is 6.54 Å². The molecule has 1 amide bonds. The highest BCUT2D eigenvalue weighted by atomic mass is 16.6. The molecule has 0 aliphatic carbocycles. The van der Waals surface area contributed by atoms with Crippen LogP contribution in [0.15, 0.2) is 38.1 Å². The van der Waals surface area contributed by atoms with Crippen LogP contribution in [-0.2, 0) is 6.54 Å². The number of rotatable bonds is 11. The Morgan fingerprint density at radius 2 is 2.09 bits per heavy atom. The topological polar surface area (TPSA) is 153 Å². The average molecular weight is 441 g/mol. The highest BCUT2D eigenvalue weighted by Gasteiger charge is 2.25. The van der Waals surface area contributed by atoms with E-state index >= 15 is 0 Å². The van der Waals surface area contributed by atoms with Gasteiger partial charge in [-0.2, -0.15) is 9.78 Å². The standard InChI is InChI=1S/C20H27N9O3/c1-4-8-28(9-5-2)13-16-17(23-27-29(16)19-18(21)25-32-26-19)20(30)24-22-12-14(3)11-15-7-6-10-31-15/h6-7,10-12H,4-5,8-9,13H2,1-3H3,(H2,21,25)(H,24,30). The SMILES string of the molecule is CCCN(CCC)Cc1c(C(=O)NN=CC(C)=Cc2ccco2)nnn1-c1nonc1N. The summed E-state index contributed by atoms with van der Waals surface area (Å²) in [6.45, 7) is 8.15. The number of anilines is 1.